The van der Waals surface area contributed by atoms with Crippen molar-refractivity contribution in [2.45, 2.75) is 11.8 Å². The summed E-state index contributed by atoms with van der Waals surface area (Å²) in [6.07, 6.45) is 0.740. The molecule has 1 amide bonds. The number of phenols is 1. The van der Waals surface area contributed by atoms with Gasteiger partial charge >= 0.3 is 0 Å². The van der Waals surface area contributed by atoms with Crippen molar-refractivity contribution in [2.75, 3.05) is 6.26 Å². The van der Waals surface area contributed by atoms with Crippen LogP contribution in [0.5, 0.6) is 5.75 Å². The SMILES string of the molecule is Cc1ccc(-c2nc(-c3ccccc3)nc(-c3ccc(C(N)=O)c(S(C)(=O)=O)c3[N+](=O)[O-])n2)c(O)c1. The van der Waals surface area contributed by atoms with Crippen LogP contribution >= 0.6 is 0 Å². The van der Waals surface area contributed by atoms with Crippen molar-refractivity contribution in [1.29, 1.82) is 0 Å². The lowest BCUT2D eigenvalue weighted by Crippen LogP contribution is -2.18. The van der Waals surface area contributed by atoms with Crippen LogP contribution in [0.4, 0.5) is 5.69 Å². The van der Waals surface area contributed by atoms with Crippen molar-refractivity contribution in [2.24, 2.45) is 5.73 Å². The summed E-state index contributed by atoms with van der Waals surface area (Å²) in [5.41, 5.74) is 5.19. The van der Waals surface area contributed by atoms with Crippen molar-refractivity contribution in [3.63, 3.8) is 0 Å². The van der Waals surface area contributed by atoms with Gasteiger partial charge in [0.1, 0.15) is 5.75 Å². The zero-order chi connectivity index (χ0) is 26.2. The molecule has 0 aliphatic rings. The number of phenolic OH excluding ortho intramolecular Hbond substituents is 1. The molecule has 0 saturated heterocycles. The molecule has 0 bridgehead atoms. The van der Waals surface area contributed by atoms with Gasteiger partial charge < -0.3 is 10.8 Å². The van der Waals surface area contributed by atoms with Crippen LogP contribution in [-0.4, -0.2) is 45.6 Å². The van der Waals surface area contributed by atoms with Gasteiger partial charge in [0, 0.05) is 11.8 Å². The summed E-state index contributed by atoms with van der Waals surface area (Å²) in [5.74, 6) is -1.36. The number of nitro groups is 1. The van der Waals surface area contributed by atoms with E-state index in [1.165, 1.54) is 6.07 Å². The Hall–Kier alpha value is -4.71. The average Bonchev–Trinajstić information content (AvgIpc) is 2.82. The molecule has 3 N–H and O–H groups in total. The molecule has 3 aromatic carbocycles. The number of hydrogen-bond donors (Lipinski definition) is 2. The number of hydrogen-bond acceptors (Lipinski definition) is 9. The highest BCUT2D eigenvalue weighted by atomic mass is 32.2. The number of sulfone groups is 1. The first kappa shape index (κ1) is 24.4. The van der Waals surface area contributed by atoms with Gasteiger partial charge in [-0.3, -0.25) is 14.9 Å². The van der Waals surface area contributed by atoms with E-state index in [-0.39, 0.29) is 34.3 Å². The molecule has 0 atom stereocenters. The number of nitro benzene ring substituents is 1. The highest BCUT2D eigenvalue weighted by molar-refractivity contribution is 7.91. The molecule has 0 saturated carbocycles. The molecular formula is C24H19N5O6S. The Morgan fingerprint density at radius 2 is 1.53 bits per heavy atom. The van der Waals surface area contributed by atoms with Crippen LogP contribution < -0.4 is 5.73 Å². The predicted molar refractivity (Wildman–Crippen MR) is 131 cm³/mol. The quantitative estimate of drug-likeness (QED) is 0.294. The number of nitrogens with zero attached hydrogens (tertiary/aromatic N) is 4. The largest absolute Gasteiger partial charge is 0.507 e. The third kappa shape index (κ3) is 4.61. The van der Waals surface area contributed by atoms with Crippen molar-refractivity contribution in [1.82, 2.24) is 15.0 Å². The number of primary amides is 1. The van der Waals surface area contributed by atoms with Crippen LogP contribution in [0.25, 0.3) is 34.2 Å². The van der Waals surface area contributed by atoms with Gasteiger partial charge in [0.15, 0.2) is 32.2 Å². The van der Waals surface area contributed by atoms with E-state index >= 15 is 0 Å². The first-order valence-electron chi connectivity index (χ1n) is 10.4. The van der Waals surface area contributed by atoms with Gasteiger partial charge in [-0.1, -0.05) is 36.4 Å². The summed E-state index contributed by atoms with van der Waals surface area (Å²) >= 11 is 0. The second-order valence-corrected chi connectivity index (χ2v) is 9.88. The molecule has 4 aromatic rings. The van der Waals surface area contributed by atoms with Crippen molar-refractivity contribution in [3.05, 3.63) is 81.9 Å². The van der Waals surface area contributed by atoms with Gasteiger partial charge in [-0.25, -0.2) is 23.4 Å². The van der Waals surface area contributed by atoms with E-state index in [4.69, 9.17) is 5.73 Å². The molecule has 0 radical (unpaired) electrons. The smallest absolute Gasteiger partial charge is 0.299 e. The minimum absolute atomic E-state index is 0.00512. The first-order chi connectivity index (χ1) is 17.0. The van der Waals surface area contributed by atoms with Crippen molar-refractivity contribution in [3.8, 4) is 39.9 Å². The fourth-order valence-corrected chi connectivity index (χ4v) is 4.77. The van der Waals surface area contributed by atoms with Crippen molar-refractivity contribution < 1.29 is 23.2 Å². The summed E-state index contributed by atoms with van der Waals surface area (Å²) in [6.45, 7) is 1.79. The number of nitrogens with two attached hydrogens (primary N) is 1. The number of benzene rings is 3. The number of carbonyl (C=O) groups is 1. The molecule has 4 rings (SSSR count). The van der Waals surface area contributed by atoms with Gasteiger partial charge in [0.25, 0.3) is 5.69 Å². The lowest BCUT2D eigenvalue weighted by atomic mass is 10.1. The van der Waals surface area contributed by atoms with Crippen molar-refractivity contribution >= 4 is 21.4 Å². The fraction of sp³-hybridized carbons (Fsp3) is 0.0833. The summed E-state index contributed by atoms with van der Waals surface area (Å²) in [7, 11) is -4.27. The van der Waals surface area contributed by atoms with Gasteiger partial charge in [-0.15, -0.1) is 0 Å². The number of rotatable bonds is 6. The van der Waals surface area contributed by atoms with Crippen LogP contribution in [0, 0.1) is 17.0 Å². The Morgan fingerprint density at radius 3 is 2.08 bits per heavy atom. The van der Waals surface area contributed by atoms with E-state index in [0.29, 0.717) is 5.56 Å². The van der Waals surface area contributed by atoms with Crippen LogP contribution in [0.15, 0.2) is 65.6 Å². The van der Waals surface area contributed by atoms with E-state index in [9.17, 15) is 28.4 Å². The first-order valence-corrected chi connectivity index (χ1v) is 12.3. The molecule has 1 aromatic heterocycles. The molecule has 11 nitrogen and oxygen atoms in total. The van der Waals surface area contributed by atoms with E-state index in [0.717, 1.165) is 24.0 Å². The topological polar surface area (TPSA) is 179 Å². The Balaban J connectivity index is 2.10. The number of aromatic hydroxyl groups is 1. The molecule has 0 spiro atoms. The second-order valence-electron chi connectivity index (χ2n) is 7.92. The lowest BCUT2D eigenvalue weighted by Gasteiger charge is -2.12. The molecule has 0 fully saturated rings. The predicted octanol–water partition coefficient (Wildman–Crippen LogP) is 3.30. The van der Waals surface area contributed by atoms with E-state index in [2.05, 4.69) is 15.0 Å². The maximum Gasteiger partial charge on any atom is 0.299 e. The summed E-state index contributed by atoms with van der Waals surface area (Å²) < 4.78 is 25.0. The highest BCUT2D eigenvalue weighted by Gasteiger charge is 2.33. The zero-order valence-electron chi connectivity index (χ0n) is 19.0. The number of aromatic nitrogens is 3. The standard InChI is InChI=1S/C24H19N5O6S/c1-13-8-9-15(18(30)12-13)23-26-22(14-6-4-3-5-7-14)27-24(28-23)16-10-11-17(21(25)31)20(36(2,34)35)19(16)29(32)33/h3-12,30H,1-2H3,(H2,25,31). The van der Waals surface area contributed by atoms with Crippen LogP contribution in [0.2, 0.25) is 0 Å². The number of aryl methyl sites for hydroxylation is 1. The molecule has 36 heavy (non-hydrogen) atoms. The van der Waals surface area contributed by atoms with Crippen LogP contribution in [0.3, 0.4) is 0 Å². The fourth-order valence-electron chi connectivity index (χ4n) is 3.67. The van der Waals surface area contributed by atoms with Gasteiger partial charge in [-0.05, 0) is 36.8 Å². The van der Waals surface area contributed by atoms with Gasteiger partial charge in [-0.2, -0.15) is 0 Å². The van der Waals surface area contributed by atoms with Gasteiger partial charge in [0.2, 0.25) is 5.91 Å². The molecule has 1 heterocycles. The summed E-state index contributed by atoms with van der Waals surface area (Å²) in [5, 5.41) is 22.6. The minimum Gasteiger partial charge on any atom is -0.507 e. The third-order valence-electron chi connectivity index (χ3n) is 5.25. The van der Waals surface area contributed by atoms with E-state index in [1.807, 2.05) is 0 Å². The van der Waals surface area contributed by atoms with Gasteiger partial charge in [0.05, 0.1) is 21.6 Å². The number of amides is 1. The Labute approximate surface area is 205 Å². The summed E-state index contributed by atoms with van der Waals surface area (Å²) in [6, 6.07) is 15.8. The average molecular weight is 506 g/mol. The Kier molecular flexibility index (Phi) is 6.21. The molecule has 12 heteroatoms. The molecule has 0 aliphatic heterocycles. The number of carbonyl (C=O) groups excluding carboxylic acids is 1. The molecule has 0 aliphatic carbocycles. The molecule has 0 unspecified atom stereocenters. The maximum atomic E-state index is 12.5. The lowest BCUT2D eigenvalue weighted by molar-refractivity contribution is -0.387. The second kappa shape index (κ2) is 9.15. The Morgan fingerprint density at radius 1 is 0.944 bits per heavy atom. The van der Waals surface area contributed by atoms with Crippen LogP contribution in [-0.2, 0) is 9.84 Å². The van der Waals surface area contributed by atoms with E-state index < -0.39 is 36.8 Å². The molecular weight excluding hydrogens is 486 g/mol. The monoisotopic (exact) mass is 505 g/mol. The van der Waals surface area contributed by atoms with E-state index in [1.54, 1.807) is 49.4 Å². The Bertz CT molecular complexity index is 1640. The highest BCUT2D eigenvalue weighted by Crippen LogP contribution is 2.38. The minimum atomic E-state index is -4.27. The third-order valence-corrected chi connectivity index (χ3v) is 6.41. The zero-order valence-corrected chi connectivity index (χ0v) is 19.9. The molecule has 182 valence electrons. The van der Waals surface area contributed by atoms with Crippen LogP contribution in [0.1, 0.15) is 15.9 Å². The normalized spacial score (nSPS) is 11.3. The maximum absolute atomic E-state index is 12.5. The summed E-state index contributed by atoms with van der Waals surface area (Å²) in [4.78, 5) is 35.4.